The van der Waals surface area contributed by atoms with Gasteiger partial charge in [-0.3, -0.25) is 4.98 Å². The Morgan fingerprint density at radius 3 is 2.95 bits per heavy atom. The van der Waals surface area contributed by atoms with Crippen LogP contribution < -0.4 is 5.73 Å². The van der Waals surface area contributed by atoms with Gasteiger partial charge in [0, 0.05) is 17.1 Å². The maximum absolute atomic E-state index is 6.39. The van der Waals surface area contributed by atoms with E-state index in [2.05, 4.69) is 21.5 Å². The van der Waals surface area contributed by atoms with Crippen molar-refractivity contribution in [1.29, 1.82) is 0 Å². The predicted octanol–water partition coefficient (Wildman–Crippen LogP) is 2.70. The molecule has 96 valence electrons. The third kappa shape index (κ3) is 2.11. The Hall–Kier alpha value is -1.85. The molecule has 0 fully saturated rings. The van der Waals surface area contributed by atoms with Crippen LogP contribution in [0.5, 0.6) is 0 Å². The van der Waals surface area contributed by atoms with Crippen LogP contribution in [0.4, 0.5) is 0 Å². The summed E-state index contributed by atoms with van der Waals surface area (Å²) in [5.74, 6) is 0. The Bertz CT molecular complexity index is 702. The Kier molecular flexibility index (Phi) is 3.23. The van der Waals surface area contributed by atoms with E-state index in [4.69, 9.17) is 5.73 Å². The molecule has 2 heterocycles. The van der Waals surface area contributed by atoms with Crippen molar-refractivity contribution in [2.24, 2.45) is 5.73 Å². The van der Waals surface area contributed by atoms with Gasteiger partial charge in [0.05, 0.1) is 22.1 Å². The van der Waals surface area contributed by atoms with E-state index in [1.807, 2.05) is 30.3 Å². The lowest BCUT2D eigenvalue weighted by Crippen LogP contribution is -2.13. The number of hydrogen-bond acceptors (Lipinski definition) is 5. The largest absolute Gasteiger partial charge is 0.319 e. The number of pyridine rings is 1. The van der Waals surface area contributed by atoms with Crippen LogP contribution in [0.3, 0.4) is 0 Å². The summed E-state index contributed by atoms with van der Waals surface area (Å²) in [4.78, 5) is 5.48. The van der Waals surface area contributed by atoms with Gasteiger partial charge in [0.2, 0.25) is 0 Å². The second-order valence-electron chi connectivity index (χ2n) is 4.34. The highest BCUT2D eigenvalue weighted by Gasteiger charge is 2.18. The van der Waals surface area contributed by atoms with Crippen molar-refractivity contribution in [3.8, 4) is 0 Å². The van der Waals surface area contributed by atoms with Crippen molar-refractivity contribution in [1.82, 2.24) is 14.6 Å². The van der Waals surface area contributed by atoms with Gasteiger partial charge in [-0.1, -0.05) is 35.7 Å². The maximum atomic E-state index is 6.39. The molecule has 2 N–H and O–H groups in total. The van der Waals surface area contributed by atoms with Gasteiger partial charge in [-0.15, -0.1) is 5.10 Å². The van der Waals surface area contributed by atoms with E-state index < -0.39 is 0 Å². The molecule has 2 aromatic heterocycles. The zero-order valence-corrected chi connectivity index (χ0v) is 11.4. The predicted molar refractivity (Wildman–Crippen MR) is 77.1 cm³/mol. The summed E-state index contributed by atoms with van der Waals surface area (Å²) in [6.07, 6.45) is 2.64. The maximum Gasteiger partial charge on any atom is 0.0804 e. The van der Waals surface area contributed by atoms with Crippen molar-refractivity contribution < 1.29 is 0 Å². The summed E-state index contributed by atoms with van der Waals surface area (Å²) >= 11 is 1.37. The molecule has 4 nitrogen and oxygen atoms in total. The molecule has 0 saturated heterocycles. The Labute approximate surface area is 115 Å². The first-order valence-electron chi connectivity index (χ1n) is 6.21. The number of fused-ring (bicyclic) bond motifs is 1. The summed E-state index contributed by atoms with van der Waals surface area (Å²) in [6, 6.07) is 9.85. The Morgan fingerprint density at radius 2 is 2.11 bits per heavy atom. The van der Waals surface area contributed by atoms with Gasteiger partial charge in [0.1, 0.15) is 0 Å². The molecule has 19 heavy (non-hydrogen) atoms. The van der Waals surface area contributed by atoms with Crippen LogP contribution in [-0.2, 0) is 6.42 Å². The number of nitrogens with two attached hydrogens (primary N) is 1. The number of benzene rings is 1. The van der Waals surface area contributed by atoms with Crippen LogP contribution in [-0.4, -0.2) is 14.6 Å². The molecule has 0 aliphatic heterocycles. The first-order valence-corrected chi connectivity index (χ1v) is 6.99. The molecule has 0 aliphatic rings. The van der Waals surface area contributed by atoms with Crippen LogP contribution in [0.15, 0.2) is 36.5 Å². The zero-order chi connectivity index (χ0) is 13.2. The van der Waals surface area contributed by atoms with E-state index in [1.165, 1.54) is 11.5 Å². The molecule has 3 rings (SSSR count). The molecule has 5 heteroatoms. The van der Waals surface area contributed by atoms with Crippen molar-refractivity contribution >= 4 is 22.4 Å². The van der Waals surface area contributed by atoms with Crippen LogP contribution in [0.25, 0.3) is 10.9 Å². The molecule has 0 amide bonds. The molecule has 0 saturated carbocycles. The third-order valence-corrected chi connectivity index (χ3v) is 4.05. The zero-order valence-electron chi connectivity index (χ0n) is 10.6. The smallest absolute Gasteiger partial charge is 0.0804 e. The number of para-hydroxylation sites is 1. The second-order valence-corrected chi connectivity index (χ2v) is 5.12. The summed E-state index contributed by atoms with van der Waals surface area (Å²) in [5, 5.41) is 5.23. The highest BCUT2D eigenvalue weighted by atomic mass is 32.1. The van der Waals surface area contributed by atoms with Crippen LogP contribution in [0, 0.1) is 0 Å². The van der Waals surface area contributed by atoms with E-state index in [0.717, 1.165) is 33.5 Å². The fraction of sp³-hybridized carbons (Fsp3) is 0.214. The minimum atomic E-state index is -0.214. The fourth-order valence-corrected chi connectivity index (χ4v) is 2.98. The highest BCUT2D eigenvalue weighted by Crippen LogP contribution is 2.29. The second kappa shape index (κ2) is 5.03. The number of nitrogens with zero attached hydrogens (tertiary/aromatic N) is 3. The standard InChI is InChI=1S/C14H14N4S/c1-2-11-14(19-18-17-11)12(15)10-7-3-5-9-6-4-8-16-13(9)10/h3-8,12H,2,15H2,1H3. The van der Waals surface area contributed by atoms with Gasteiger partial charge < -0.3 is 5.73 Å². The minimum absolute atomic E-state index is 0.214. The number of aryl methyl sites for hydroxylation is 1. The first kappa shape index (κ1) is 12.2. The quantitative estimate of drug-likeness (QED) is 0.794. The Morgan fingerprint density at radius 1 is 1.26 bits per heavy atom. The number of aromatic nitrogens is 3. The van der Waals surface area contributed by atoms with E-state index in [9.17, 15) is 0 Å². The van der Waals surface area contributed by atoms with Gasteiger partial charge in [0.25, 0.3) is 0 Å². The first-order chi connectivity index (χ1) is 9.31. The third-order valence-electron chi connectivity index (χ3n) is 3.20. The van der Waals surface area contributed by atoms with E-state index in [1.54, 1.807) is 6.20 Å². The summed E-state index contributed by atoms with van der Waals surface area (Å²) in [5.41, 5.74) is 9.35. The monoisotopic (exact) mass is 270 g/mol. The number of hydrogen-bond donors (Lipinski definition) is 1. The van der Waals surface area contributed by atoms with Crippen molar-refractivity contribution in [3.05, 3.63) is 52.7 Å². The van der Waals surface area contributed by atoms with E-state index >= 15 is 0 Å². The summed E-state index contributed by atoms with van der Waals surface area (Å²) < 4.78 is 4.01. The lowest BCUT2D eigenvalue weighted by atomic mass is 10.0. The van der Waals surface area contributed by atoms with E-state index in [0.29, 0.717) is 0 Å². The van der Waals surface area contributed by atoms with Gasteiger partial charge in [-0.2, -0.15) is 0 Å². The molecule has 1 aromatic carbocycles. The molecule has 0 bridgehead atoms. The minimum Gasteiger partial charge on any atom is -0.319 e. The van der Waals surface area contributed by atoms with Crippen LogP contribution in [0.2, 0.25) is 0 Å². The molecule has 1 unspecified atom stereocenters. The lowest BCUT2D eigenvalue weighted by molar-refractivity contribution is 0.858. The molecule has 0 radical (unpaired) electrons. The average molecular weight is 270 g/mol. The van der Waals surface area contributed by atoms with Gasteiger partial charge in [-0.05, 0) is 24.0 Å². The molecule has 1 atom stereocenters. The van der Waals surface area contributed by atoms with E-state index in [-0.39, 0.29) is 6.04 Å². The van der Waals surface area contributed by atoms with Crippen molar-refractivity contribution in [3.63, 3.8) is 0 Å². The molecule has 0 aliphatic carbocycles. The lowest BCUT2D eigenvalue weighted by Gasteiger charge is -2.12. The Balaban J connectivity index is 2.14. The van der Waals surface area contributed by atoms with Crippen LogP contribution >= 0.6 is 11.5 Å². The molecular formula is C14H14N4S. The van der Waals surface area contributed by atoms with Crippen molar-refractivity contribution in [2.45, 2.75) is 19.4 Å². The molecule has 0 spiro atoms. The highest BCUT2D eigenvalue weighted by molar-refractivity contribution is 7.05. The topological polar surface area (TPSA) is 64.7 Å². The van der Waals surface area contributed by atoms with Crippen LogP contribution in [0.1, 0.15) is 29.1 Å². The normalized spacial score (nSPS) is 12.7. The summed E-state index contributed by atoms with van der Waals surface area (Å²) in [6.45, 7) is 2.06. The average Bonchev–Trinajstić information content (AvgIpc) is 2.94. The number of rotatable bonds is 3. The molecular weight excluding hydrogens is 256 g/mol. The van der Waals surface area contributed by atoms with Gasteiger partial charge >= 0.3 is 0 Å². The summed E-state index contributed by atoms with van der Waals surface area (Å²) in [7, 11) is 0. The SMILES string of the molecule is CCc1nnsc1C(N)c1cccc2cccnc12. The fourth-order valence-electron chi connectivity index (χ4n) is 2.22. The molecule has 3 aromatic rings. The van der Waals surface area contributed by atoms with Gasteiger partial charge in [0.15, 0.2) is 0 Å². The van der Waals surface area contributed by atoms with Gasteiger partial charge in [-0.25, -0.2) is 0 Å². The van der Waals surface area contributed by atoms with Crippen molar-refractivity contribution in [2.75, 3.05) is 0 Å².